The molecule has 0 saturated carbocycles. The number of carbonyl (C=O) groups is 1. The lowest BCUT2D eigenvalue weighted by Crippen LogP contribution is -2.20. The highest BCUT2D eigenvalue weighted by Gasteiger charge is 2.14. The van der Waals surface area contributed by atoms with Gasteiger partial charge in [-0.1, -0.05) is 42.5 Å². The van der Waals surface area contributed by atoms with Crippen LogP contribution in [0.4, 0.5) is 0 Å². The molecule has 1 atom stereocenters. The first-order valence-electron chi connectivity index (χ1n) is 5.85. The minimum absolute atomic E-state index is 0.575. The summed E-state index contributed by atoms with van der Waals surface area (Å²) in [5, 5.41) is 8.86. The van der Waals surface area contributed by atoms with E-state index >= 15 is 0 Å². The van der Waals surface area contributed by atoms with Crippen LogP contribution in [-0.4, -0.2) is 18.2 Å². The summed E-state index contributed by atoms with van der Waals surface area (Å²) in [4.78, 5) is 10.8. The van der Waals surface area contributed by atoms with E-state index < -0.39 is 12.0 Å². The fourth-order valence-electron chi connectivity index (χ4n) is 1.90. The smallest absolute Gasteiger partial charge is 0.325 e. The molecule has 4 heteroatoms. The Labute approximate surface area is 111 Å². The molecule has 0 aliphatic heterocycles. The van der Waals surface area contributed by atoms with E-state index in [2.05, 4.69) is 0 Å². The van der Waals surface area contributed by atoms with Gasteiger partial charge in [-0.05, 0) is 17.2 Å². The Morgan fingerprint density at radius 2 is 1.79 bits per heavy atom. The fraction of sp³-hybridized carbons (Fsp3) is 0.133. The zero-order chi connectivity index (χ0) is 13.8. The van der Waals surface area contributed by atoms with E-state index in [0.29, 0.717) is 5.56 Å². The Balaban J connectivity index is 2.35. The molecular weight excluding hydrogens is 242 g/mol. The molecule has 2 aromatic carbocycles. The summed E-state index contributed by atoms with van der Waals surface area (Å²) in [5.74, 6) is -0.261. The van der Waals surface area contributed by atoms with Crippen LogP contribution in [0.25, 0.3) is 11.1 Å². The molecule has 4 nitrogen and oxygen atoms in total. The van der Waals surface area contributed by atoms with Gasteiger partial charge in [0.15, 0.2) is 0 Å². The van der Waals surface area contributed by atoms with Crippen molar-refractivity contribution in [3.63, 3.8) is 0 Å². The summed E-state index contributed by atoms with van der Waals surface area (Å²) >= 11 is 0. The normalized spacial score (nSPS) is 11.9. The van der Waals surface area contributed by atoms with Crippen LogP contribution in [0.15, 0.2) is 48.5 Å². The molecule has 0 heterocycles. The average Bonchev–Trinajstić information content (AvgIpc) is 2.46. The Bertz CT molecular complexity index is 578. The van der Waals surface area contributed by atoms with Crippen LogP contribution in [0.2, 0.25) is 0 Å². The monoisotopic (exact) mass is 257 g/mol. The highest BCUT2D eigenvalue weighted by Crippen LogP contribution is 2.30. The second kappa shape index (κ2) is 5.54. The van der Waals surface area contributed by atoms with Crippen molar-refractivity contribution in [1.82, 2.24) is 0 Å². The van der Waals surface area contributed by atoms with Crippen LogP contribution in [-0.2, 0) is 4.79 Å². The summed E-state index contributed by atoms with van der Waals surface area (Å²) in [6.45, 7) is 0. The summed E-state index contributed by atoms with van der Waals surface area (Å²) in [6, 6.07) is 13.8. The molecule has 0 unspecified atom stereocenters. The predicted octanol–water partition coefficient (Wildman–Crippen LogP) is 2.45. The number of ether oxygens (including phenoxy) is 1. The Morgan fingerprint density at radius 3 is 2.37 bits per heavy atom. The van der Waals surface area contributed by atoms with Crippen molar-refractivity contribution in [2.24, 2.45) is 5.73 Å². The third kappa shape index (κ3) is 2.74. The van der Waals surface area contributed by atoms with Crippen LogP contribution < -0.4 is 10.5 Å². The number of carboxylic acid groups (broad SMARTS) is 1. The van der Waals surface area contributed by atoms with E-state index in [0.717, 1.165) is 16.9 Å². The van der Waals surface area contributed by atoms with Gasteiger partial charge in [-0.15, -0.1) is 0 Å². The average molecular weight is 257 g/mol. The van der Waals surface area contributed by atoms with Crippen molar-refractivity contribution < 1.29 is 14.6 Å². The number of rotatable bonds is 4. The van der Waals surface area contributed by atoms with Crippen LogP contribution in [0.1, 0.15) is 11.6 Å². The Kier molecular flexibility index (Phi) is 3.82. The molecule has 0 spiro atoms. The van der Waals surface area contributed by atoms with Gasteiger partial charge in [0.25, 0.3) is 0 Å². The second-order valence-electron chi connectivity index (χ2n) is 4.14. The molecule has 0 saturated heterocycles. The van der Waals surface area contributed by atoms with Crippen molar-refractivity contribution in [3.8, 4) is 16.9 Å². The molecule has 0 bridgehead atoms. The van der Waals surface area contributed by atoms with E-state index in [1.54, 1.807) is 19.2 Å². The van der Waals surface area contributed by atoms with Gasteiger partial charge in [0, 0.05) is 5.56 Å². The minimum Gasteiger partial charge on any atom is -0.496 e. The van der Waals surface area contributed by atoms with Crippen molar-refractivity contribution in [1.29, 1.82) is 0 Å². The highest BCUT2D eigenvalue weighted by molar-refractivity contribution is 5.76. The molecule has 0 aliphatic carbocycles. The summed E-state index contributed by atoms with van der Waals surface area (Å²) in [7, 11) is 1.62. The number of nitrogens with two attached hydrogens (primary N) is 1. The molecule has 0 radical (unpaired) electrons. The van der Waals surface area contributed by atoms with Crippen molar-refractivity contribution in [3.05, 3.63) is 54.1 Å². The van der Waals surface area contributed by atoms with E-state index in [1.807, 2.05) is 36.4 Å². The molecule has 0 aromatic heterocycles. The molecule has 2 aromatic rings. The third-order valence-corrected chi connectivity index (χ3v) is 2.95. The maximum atomic E-state index is 10.8. The maximum Gasteiger partial charge on any atom is 0.325 e. The quantitative estimate of drug-likeness (QED) is 0.882. The summed E-state index contributed by atoms with van der Waals surface area (Å²) < 4.78 is 5.30. The lowest BCUT2D eigenvalue weighted by molar-refractivity contribution is -0.138. The standard InChI is InChI=1S/C15H15NO3/c1-19-13-5-3-2-4-12(13)10-6-8-11(9-7-10)14(16)15(17)18/h2-9,14H,16H2,1H3,(H,17,18)/t14-/m0/s1. The first-order valence-corrected chi connectivity index (χ1v) is 5.85. The lowest BCUT2D eigenvalue weighted by atomic mass is 10.0. The largest absolute Gasteiger partial charge is 0.496 e. The number of hydrogen-bond acceptors (Lipinski definition) is 3. The number of aliphatic carboxylic acids is 1. The first kappa shape index (κ1) is 13.1. The zero-order valence-corrected chi connectivity index (χ0v) is 10.5. The van der Waals surface area contributed by atoms with Crippen molar-refractivity contribution in [2.75, 3.05) is 7.11 Å². The number of carboxylic acids is 1. The molecule has 3 N–H and O–H groups in total. The van der Waals surface area contributed by atoms with Gasteiger partial charge in [-0.2, -0.15) is 0 Å². The minimum atomic E-state index is -1.04. The second-order valence-corrected chi connectivity index (χ2v) is 4.14. The van der Waals surface area contributed by atoms with Gasteiger partial charge in [-0.3, -0.25) is 4.79 Å². The van der Waals surface area contributed by atoms with Gasteiger partial charge >= 0.3 is 5.97 Å². The third-order valence-electron chi connectivity index (χ3n) is 2.95. The SMILES string of the molecule is COc1ccccc1-c1ccc([C@H](N)C(=O)O)cc1. The van der Waals surface area contributed by atoms with Crippen LogP contribution in [0, 0.1) is 0 Å². The van der Waals surface area contributed by atoms with Gasteiger partial charge in [0.05, 0.1) is 7.11 Å². The summed E-state index contributed by atoms with van der Waals surface area (Å²) in [5.41, 5.74) is 8.05. The number of para-hydroxylation sites is 1. The van der Waals surface area contributed by atoms with Crippen LogP contribution in [0.5, 0.6) is 5.75 Å². The van der Waals surface area contributed by atoms with Crippen LogP contribution >= 0.6 is 0 Å². The van der Waals surface area contributed by atoms with E-state index in [1.165, 1.54) is 0 Å². The molecule has 0 aliphatic rings. The van der Waals surface area contributed by atoms with Gasteiger partial charge < -0.3 is 15.6 Å². The zero-order valence-electron chi connectivity index (χ0n) is 10.5. The molecular formula is C15H15NO3. The lowest BCUT2D eigenvalue weighted by Gasteiger charge is -2.10. The molecule has 98 valence electrons. The topological polar surface area (TPSA) is 72.5 Å². The van der Waals surface area contributed by atoms with Crippen molar-refractivity contribution >= 4 is 5.97 Å². The molecule has 0 fully saturated rings. The summed E-state index contributed by atoms with van der Waals surface area (Å²) in [6.07, 6.45) is 0. The van der Waals surface area contributed by atoms with Gasteiger partial charge in [0.2, 0.25) is 0 Å². The molecule has 0 amide bonds. The number of hydrogen-bond donors (Lipinski definition) is 2. The van der Waals surface area contributed by atoms with E-state index in [4.69, 9.17) is 15.6 Å². The van der Waals surface area contributed by atoms with Gasteiger partial charge in [-0.25, -0.2) is 0 Å². The molecule has 2 rings (SSSR count). The Hall–Kier alpha value is -2.33. The molecule has 19 heavy (non-hydrogen) atoms. The van der Waals surface area contributed by atoms with E-state index in [9.17, 15) is 4.79 Å². The Morgan fingerprint density at radius 1 is 1.16 bits per heavy atom. The predicted molar refractivity (Wildman–Crippen MR) is 73.0 cm³/mol. The first-order chi connectivity index (χ1) is 9.13. The highest BCUT2D eigenvalue weighted by atomic mass is 16.5. The van der Waals surface area contributed by atoms with Crippen molar-refractivity contribution in [2.45, 2.75) is 6.04 Å². The van der Waals surface area contributed by atoms with Crippen LogP contribution in [0.3, 0.4) is 0 Å². The van der Waals surface area contributed by atoms with Gasteiger partial charge in [0.1, 0.15) is 11.8 Å². The number of benzene rings is 2. The maximum absolute atomic E-state index is 10.8. The van der Waals surface area contributed by atoms with E-state index in [-0.39, 0.29) is 0 Å². The number of methoxy groups -OCH3 is 1. The fourth-order valence-corrected chi connectivity index (χ4v) is 1.90.